The number of methoxy groups -OCH3 is 1. The van der Waals surface area contributed by atoms with Gasteiger partial charge >= 0.3 is 6.18 Å². The van der Waals surface area contributed by atoms with Crippen LogP contribution >= 0.6 is 0 Å². The Hall–Kier alpha value is -4.28. The van der Waals surface area contributed by atoms with Crippen LogP contribution in [-0.4, -0.2) is 41.4 Å². The first kappa shape index (κ1) is 23.1. The molecule has 0 amide bonds. The van der Waals surface area contributed by atoms with Gasteiger partial charge in [0.25, 0.3) is 0 Å². The van der Waals surface area contributed by atoms with Gasteiger partial charge in [-0.3, -0.25) is 4.98 Å². The van der Waals surface area contributed by atoms with Crippen LogP contribution in [-0.2, 0) is 19.6 Å². The molecule has 11 heteroatoms. The van der Waals surface area contributed by atoms with Crippen molar-refractivity contribution in [2.75, 3.05) is 7.11 Å². The highest BCUT2D eigenvalue weighted by Crippen LogP contribution is 2.44. The van der Waals surface area contributed by atoms with Gasteiger partial charge in [-0.25, -0.2) is 19.6 Å². The number of alkyl halides is 3. The van der Waals surface area contributed by atoms with Crippen molar-refractivity contribution >= 4 is 11.0 Å². The van der Waals surface area contributed by atoms with Crippen LogP contribution in [0.2, 0.25) is 0 Å². The van der Waals surface area contributed by atoms with Gasteiger partial charge in [0.1, 0.15) is 34.6 Å². The van der Waals surface area contributed by atoms with Crippen LogP contribution in [0, 0.1) is 0 Å². The molecule has 1 aliphatic rings. The van der Waals surface area contributed by atoms with E-state index in [9.17, 15) is 13.2 Å². The number of rotatable bonds is 6. The van der Waals surface area contributed by atoms with Crippen LogP contribution in [0.3, 0.4) is 0 Å². The van der Waals surface area contributed by atoms with Crippen molar-refractivity contribution in [2.45, 2.75) is 31.4 Å². The van der Waals surface area contributed by atoms with E-state index in [1.807, 2.05) is 22.9 Å². The summed E-state index contributed by atoms with van der Waals surface area (Å²) in [6, 6.07) is 9.08. The van der Waals surface area contributed by atoms with Gasteiger partial charge in [-0.15, -0.1) is 0 Å². The minimum Gasteiger partial charge on any atom is -0.494 e. The minimum absolute atomic E-state index is 0.248. The molecule has 1 saturated carbocycles. The Morgan fingerprint density at radius 1 is 1.08 bits per heavy atom. The summed E-state index contributed by atoms with van der Waals surface area (Å²) in [5.41, 5.74) is 4.55. The normalized spacial score (nSPS) is 13.9. The van der Waals surface area contributed by atoms with Crippen LogP contribution in [0.5, 0.6) is 5.75 Å². The molecule has 0 spiro atoms. The molecule has 0 N–H and O–H groups in total. The van der Waals surface area contributed by atoms with Crippen molar-refractivity contribution in [3.63, 3.8) is 0 Å². The molecular weight excluding hydrogens is 483 g/mol. The molecule has 4 heterocycles. The van der Waals surface area contributed by atoms with Gasteiger partial charge in [0.2, 0.25) is 0 Å². The minimum atomic E-state index is -4.49. The number of aromatic nitrogens is 7. The fourth-order valence-electron chi connectivity index (χ4n) is 4.53. The summed E-state index contributed by atoms with van der Waals surface area (Å²) >= 11 is 0. The monoisotopic (exact) mass is 505 g/mol. The molecule has 0 atom stereocenters. The molecule has 0 saturated heterocycles. The van der Waals surface area contributed by atoms with Crippen LogP contribution < -0.4 is 4.74 Å². The quantitative estimate of drug-likeness (QED) is 0.319. The van der Waals surface area contributed by atoms with Crippen molar-refractivity contribution in [2.24, 2.45) is 7.05 Å². The van der Waals surface area contributed by atoms with E-state index in [4.69, 9.17) is 9.84 Å². The van der Waals surface area contributed by atoms with Crippen molar-refractivity contribution in [3.8, 4) is 22.8 Å². The van der Waals surface area contributed by atoms with Gasteiger partial charge in [0.05, 0.1) is 24.7 Å². The van der Waals surface area contributed by atoms with Gasteiger partial charge in [-0.1, -0.05) is 24.3 Å². The zero-order valence-electron chi connectivity index (χ0n) is 20.1. The Morgan fingerprint density at radius 3 is 2.54 bits per heavy atom. The number of halogens is 3. The van der Waals surface area contributed by atoms with Gasteiger partial charge in [0.15, 0.2) is 5.69 Å². The van der Waals surface area contributed by atoms with Gasteiger partial charge in [-0.05, 0) is 18.4 Å². The first-order valence-corrected chi connectivity index (χ1v) is 11.7. The van der Waals surface area contributed by atoms with Crippen molar-refractivity contribution in [3.05, 3.63) is 77.9 Å². The molecule has 188 valence electrons. The molecule has 5 aromatic rings. The van der Waals surface area contributed by atoms with Crippen LogP contribution in [0.15, 0.2) is 55.2 Å². The lowest BCUT2D eigenvalue weighted by Crippen LogP contribution is -2.06. The topological polar surface area (TPSA) is 83.5 Å². The number of ether oxygens (including phenoxy) is 1. The molecule has 0 aliphatic heterocycles. The second-order valence-electron chi connectivity index (χ2n) is 9.07. The summed E-state index contributed by atoms with van der Waals surface area (Å²) in [4.78, 5) is 17.1. The Balaban J connectivity index is 1.37. The highest BCUT2D eigenvalue weighted by atomic mass is 19.4. The first-order chi connectivity index (χ1) is 17.8. The molecule has 0 radical (unpaired) electrons. The predicted molar refractivity (Wildman–Crippen MR) is 129 cm³/mol. The van der Waals surface area contributed by atoms with E-state index >= 15 is 0 Å². The lowest BCUT2D eigenvalue weighted by atomic mass is 10.1. The Bertz CT molecular complexity index is 1600. The molecule has 0 bridgehead atoms. The second-order valence-corrected chi connectivity index (χ2v) is 9.07. The summed E-state index contributed by atoms with van der Waals surface area (Å²) < 4.78 is 48.1. The number of fused-ring (bicyclic) bond motifs is 1. The van der Waals surface area contributed by atoms with Crippen molar-refractivity contribution in [1.82, 2.24) is 34.3 Å². The van der Waals surface area contributed by atoms with Gasteiger partial charge in [0, 0.05) is 43.4 Å². The number of nitrogens with zero attached hydrogens (tertiary/aromatic N) is 7. The molecule has 1 aliphatic carbocycles. The van der Waals surface area contributed by atoms with E-state index in [0.29, 0.717) is 29.2 Å². The maximum atomic E-state index is 13.1. The van der Waals surface area contributed by atoms with E-state index < -0.39 is 11.9 Å². The highest BCUT2D eigenvalue weighted by molar-refractivity contribution is 5.80. The molecule has 1 aromatic carbocycles. The number of hydrogen-bond donors (Lipinski definition) is 0. The molecule has 0 unspecified atom stereocenters. The average Bonchev–Trinajstić information content (AvgIpc) is 3.57. The number of hydrogen-bond acceptors (Lipinski definition) is 6. The summed E-state index contributed by atoms with van der Waals surface area (Å²) in [7, 11) is 3.17. The largest absolute Gasteiger partial charge is 0.494 e. The Kier molecular flexibility index (Phi) is 5.43. The first-order valence-electron chi connectivity index (χ1n) is 11.7. The summed E-state index contributed by atoms with van der Waals surface area (Å²) in [6.45, 7) is 0. The third kappa shape index (κ3) is 4.20. The summed E-state index contributed by atoms with van der Waals surface area (Å²) in [5, 5.41) is 4.91. The Morgan fingerprint density at radius 2 is 1.86 bits per heavy atom. The molecule has 4 aromatic heterocycles. The predicted octanol–water partition coefficient (Wildman–Crippen LogP) is 5.11. The standard InChI is InChI=1S/C26H22F3N7O/c1-35-13-21(26(27,28)29)33-25(35)17-5-3-15(4-6-17)11-18-23-19(12-30-14-32-23)36(34-18)24-20(37-2)9-10-31-22(24)16-7-8-16/h3-6,9-10,12-14,16H,7-8,11H2,1-2H3. The number of benzene rings is 1. The Labute approximate surface area is 209 Å². The molecular formula is C26H22F3N7O. The number of imidazole rings is 1. The van der Waals surface area contributed by atoms with Gasteiger partial charge < -0.3 is 9.30 Å². The SMILES string of the molecule is COc1ccnc(C2CC2)c1-n1nc(Cc2ccc(-c3nc(C(F)(F)F)cn3C)cc2)c2ncncc21. The summed E-state index contributed by atoms with van der Waals surface area (Å²) in [6.07, 6.45) is 4.08. The average molecular weight is 506 g/mol. The fraction of sp³-hybridized carbons (Fsp3) is 0.269. The van der Waals surface area contributed by atoms with E-state index in [0.717, 1.165) is 47.2 Å². The van der Waals surface area contributed by atoms with E-state index in [-0.39, 0.29) is 5.82 Å². The zero-order valence-corrected chi connectivity index (χ0v) is 20.1. The fourth-order valence-corrected chi connectivity index (χ4v) is 4.53. The maximum Gasteiger partial charge on any atom is 0.434 e. The second kappa shape index (κ2) is 8.68. The zero-order chi connectivity index (χ0) is 25.7. The third-order valence-corrected chi connectivity index (χ3v) is 6.48. The lowest BCUT2D eigenvalue weighted by molar-refractivity contribution is -0.140. The molecule has 8 nitrogen and oxygen atoms in total. The number of pyridine rings is 1. The maximum absolute atomic E-state index is 13.1. The molecule has 6 rings (SSSR count). The lowest BCUT2D eigenvalue weighted by Gasteiger charge is -2.13. The smallest absolute Gasteiger partial charge is 0.434 e. The van der Waals surface area contributed by atoms with E-state index in [1.165, 1.54) is 10.9 Å². The van der Waals surface area contributed by atoms with Crippen LogP contribution in [0.25, 0.3) is 28.1 Å². The van der Waals surface area contributed by atoms with Gasteiger partial charge in [-0.2, -0.15) is 18.3 Å². The highest BCUT2D eigenvalue weighted by Gasteiger charge is 2.34. The van der Waals surface area contributed by atoms with Crippen molar-refractivity contribution in [1.29, 1.82) is 0 Å². The number of aryl methyl sites for hydroxylation is 1. The summed E-state index contributed by atoms with van der Waals surface area (Å²) in [5.74, 6) is 1.29. The van der Waals surface area contributed by atoms with E-state index in [2.05, 4.69) is 19.9 Å². The van der Waals surface area contributed by atoms with Crippen LogP contribution in [0.1, 0.15) is 41.4 Å². The van der Waals surface area contributed by atoms with E-state index in [1.54, 1.807) is 38.7 Å². The van der Waals surface area contributed by atoms with Crippen LogP contribution in [0.4, 0.5) is 13.2 Å². The van der Waals surface area contributed by atoms with Crippen molar-refractivity contribution < 1.29 is 17.9 Å². The molecule has 1 fully saturated rings. The molecule has 37 heavy (non-hydrogen) atoms. The third-order valence-electron chi connectivity index (χ3n) is 6.48.